The molecule has 0 saturated carbocycles. The molecule has 1 aliphatic heterocycles. The van der Waals surface area contributed by atoms with E-state index in [-0.39, 0.29) is 11.6 Å². The molecule has 2 atom stereocenters. The first-order chi connectivity index (χ1) is 10.2. The van der Waals surface area contributed by atoms with Crippen molar-refractivity contribution in [1.29, 1.82) is 0 Å². The Morgan fingerprint density at radius 3 is 2.67 bits per heavy atom. The number of halogens is 1. The van der Waals surface area contributed by atoms with E-state index >= 15 is 0 Å². The summed E-state index contributed by atoms with van der Waals surface area (Å²) in [6.07, 6.45) is 2.21. The van der Waals surface area contributed by atoms with Crippen LogP contribution in [0, 0.1) is 0 Å². The Hall–Kier alpha value is -1.09. The molecule has 2 unspecified atom stereocenters. The summed E-state index contributed by atoms with van der Waals surface area (Å²) in [5, 5.41) is 6.76. The molecule has 3 rings (SSSR count). The second-order valence-corrected chi connectivity index (χ2v) is 6.34. The van der Waals surface area contributed by atoms with Gasteiger partial charge < -0.3 is 10.1 Å². The Morgan fingerprint density at radius 2 is 2.00 bits per heavy atom. The van der Waals surface area contributed by atoms with Gasteiger partial charge in [-0.25, -0.2) is 0 Å². The van der Waals surface area contributed by atoms with E-state index in [1.165, 1.54) is 10.9 Å². The van der Waals surface area contributed by atoms with Crippen molar-refractivity contribution in [3.8, 4) is 0 Å². The number of ether oxygens (including phenoxy) is 1. The van der Waals surface area contributed by atoms with Crippen molar-refractivity contribution in [1.82, 2.24) is 5.32 Å². The van der Waals surface area contributed by atoms with Gasteiger partial charge in [-0.2, -0.15) is 0 Å². The van der Waals surface area contributed by atoms with E-state index in [2.05, 4.69) is 43.4 Å². The highest BCUT2D eigenvalue weighted by Gasteiger charge is 2.39. The van der Waals surface area contributed by atoms with Crippen LogP contribution in [0.25, 0.3) is 10.8 Å². The monoisotopic (exact) mass is 303 g/mol. The Morgan fingerprint density at radius 1 is 1.24 bits per heavy atom. The first-order valence-corrected chi connectivity index (χ1v) is 8.08. The van der Waals surface area contributed by atoms with Gasteiger partial charge in [-0.05, 0) is 43.3 Å². The highest BCUT2D eigenvalue weighted by molar-refractivity contribution is 6.35. The van der Waals surface area contributed by atoms with Crippen molar-refractivity contribution in [3.63, 3.8) is 0 Å². The third kappa shape index (κ3) is 2.68. The van der Waals surface area contributed by atoms with Crippen molar-refractivity contribution >= 4 is 22.4 Å². The number of hydrogen-bond donors (Lipinski definition) is 1. The number of hydrogen-bond acceptors (Lipinski definition) is 2. The van der Waals surface area contributed by atoms with E-state index in [9.17, 15) is 0 Å². The fraction of sp³-hybridized carbons (Fsp3) is 0.444. The highest BCUT2D eigenvalue weighted by atomic mass is 35.5. The predicted octanol–water partition coefficient (Wildman–Crippen LogP) is 4.71. The molecule has 2 nitrogen and oxygen atoms in total. The summed E-state index contributed by atoms with van der Waals surface area (Å²) >= 11 is 6.35. The average Bonchev–Trinajstić information content (AvgIpc) is 2.94. The molecule has 0 spiro atoms. The Balaban J connectivity index is 2.14. The molecule has 0 radical (unpaired) electrons. The van der Waals surface area contributed by atoms with Gasteiger partial charge in [0.05, 0.1) is 11.6 Å². The van der Waals surface area contributed by atoms with Crippen LogP contribution in [0.2, 0.25) is 5.02 Å². The van der Waals surface area contributed by atoms with Crippen molar-refractivity contribution in [2.45, 2.75) is 38.3 Å². The van der Waals surface area contributed by atoms with Crippen LogP contribution in [0.4, 0.5) is 0 Å². The largest absolute Gasteiger partial charge is 0.373 e. The van der Waals surface area contributed by atoms with Crippen LogP contribution in [0.1, 0.15) is 38.3 Å². The zero-order chi connectivity index (χ0) is 14.9. The maximum absolute atomic E-state index is 6.35. The summed E-state index contributed by atoms with van der Waals surface area (Å²) in [6.45, 7) is 6.13. The standard InChI is InChI=1S/C18H22ClNO/c1-3-20-17(18(2)11-6-12-21-18)15-9-10-16(19)14-8-5-4-7-13(14)15/h4-5,7-10,17,20H,3,6,11-12H2,1-2H3. The molecular weight excluding hydrogens is 282 g/mol. The molecule has 0 aromatic heterocycles. The Bertz CT molecular complexity index is 634. The molecule has 0 aliphatic carbocycles. The normalized spacial score (nSPS) is 23.6. The second-order valence-electron chi connectivity index (χ2n) is 5.94. The topological polar surface area (TPSA) is 21.3 Å². The molecular formula is C18H22ClNO. The summed E-state index contributed by atoms with van der Waals surface area (Å²) in [7, 11) is 0. The average molecular weight is 304 g/mol. The molecule has 1 aliphatic rings. The van der Waals surface area contributed by atoms with Gasteiger partial charge in [0.2, 0.25) is 0 Å². The minimum absolute atomic E-state index is 0.146. The SMILES string of the molecule is CCNC(c1ccc(Cl)c2ccccc12)C1(C)CCCO1. The summed E-state index contributed by atoms with van der Waals surface area (Å²) in [6, 6.07) is 12.7. The number of rotatable bonds is 4. The summed E-state index contributed by atoms with van der Waals surface area (Å²) in [4.78, 5) is 0. The fourth-order valence-corrected chi connectivity index (χ4v) is 3.65. The van der Waals surface area contributed by atoms with E-state index in [0.717, 1.165) is 36.4 Å². The molecule has 3 heteroatoms. The van der Waals surface area contributed by atoms with Gasteiger partial charge in [0.15, 0.2) is 0 Å². The van der Waals surface area contributed by atoms with Crippen LogP contribution >= 0.6 is 11.6 Å². The van der Waals surface area contributed by atoms with E-state index in [1.54, 1.807) is 0 Å². The third-order valence-electron chi connectivity index (χ3n) is 4.48. The van der Waals surface area contributed by atoms with Crippen molar-refractivity contribution in [2.75, 3.05) is 13.2 Å². The van der Waals surface area contributed by atoms with E-state index in [4.69, 9.17) is 16.3 Å². The number of nitrogens with one attached hydrogen (secondary N) is 1. The van der Waals surface area contributed by atoms with Gasteiger partial charge in [-0.3, -0.25) is 0 Å². The first-order valence-electron chi connectivity index (χ1n) is 7.70. The maximum Gasteiger partial charge on any atom is 0.0849 e. The molecule has 0 bridgehead atoms. The van der Waals surface area contributed by atoms with Gasteiger partial charge in [-0.1, -0.05) is 48.9 Å². The second kappa shape index (κ2) is 5.96. The van der Waals surface area contributed by atoms with Crippen LogP contribution < -0.4 is 5.32 Å². The fourth-order valence-electron chi connectivity index (χ4n) is 3.42. The zero-order valence-corrected chi connectivity index (χ0v) is 13.4. The number of benzene rings is 2. The molecule has 1 N–H and O–H groups in total. The maximum atomic E-state index is 6.35. The quantitative estimate of drug-likeness (QED) is 0.883. The molecule has 112 valence electrons. The van der Waals surface area contributed by atoms with Crippen molar-refractivity contribution in [3.05, 3.63) is 47.0 Å². The van der Waals surface area contributed by atoms with Gasteiger partial charge in [0.25, 0.3) is 0 Å². The molecule has 1 heterocycles. The molecule has 1 fully saturated rings. The van der Waals surface area contributed by atoms with Crippen molar-refractivity contribution < 1.29 is 4.74 Å². The minimum atomic E-state index is -0.146. The van der Waals surface area contributed by atoms with Gasteiger partial charge in [0.1, 0.15) is 0 Å². The number of likely N-dealkylation sites (N-methyl/N-ethyl adjacent to an activating group) is 1. The van der Waals surface area contributed by atoms with E-state index in [0.29, 0.717) is 0 Å². The van der Waals surface area contributed by atoms with Crippen molar-refractivity contribution in [2.24, 2.45) is 0 Å². The lowest BCUT2D eigenvalue weighted by Crippen LogP contribution is -2.41. The highest BCUT2D eigenvalue weighted by Crippen LogP contribution is 2.40. The summed E-state index contributed by atoms with van der Waals surface area (Å²) < 4.78 is 6.09. The molecule has 2 aromatic rings. The molecule has 1 saturated heterocycles. The lowest BCUT2D eigenvalue weighted by atomic mass is 9.85. The predicted molar refractivity (Wildman–Crippen MR) is 89.0 cm³/mol. The lowest BCUT2D eigenvalue weighted by Gasteiger charge is -2.35. The first kappa shape index (κ1) is 14.8. The van der Waals surface area contributed by atoms with E-state index in [1.807, 2.05) is 12.1 Å². The Kier molecular flexibility index (Phi) is 4.21. The lowest BCUT2D eigenvalue weighted by molar-refractivity contribution is -0.0117. The smallest absolute Gasteiger partial charge is 0.0849 e. The van der Waals surface area contributed by atoms with Crippen LogP contribution in [0.5, 0.6) is 0 Å². The van der Waals surface area contributed by atoms with Crippen LogP contribution in [-0.2, 0) is 4.74 Å². The van der Waals surface area contributed by atoms with E-state index < -0.39 is 0 Å². The van der Waals surface area contributed by atoms with Gasteiger partial charge in [0, 0.05) is 17.0 Å². The van der Waals surface area contributed by atoms with Gasteiger partial charge in [-0.15, -0.1) is 0 Å². The molecule has 21 heavy (non-hydrogen) atoms. The Labute approximate surface area is 131 Å². The number of fused-ring (bicyclic) bond motifs is 1. The summed E-state index contributed by atoms with van der Waals surface area (Å²) in [5.74, 6) is 0. The molecule has 2 aromatic carbocycles. The zero-order valence-electron chi connectivity index (χ0n) is 12.7. The van der Waals surface area contributed by atoms with Crippen LogP contribution in [0.3, 0.4) is 0 Å². The van der Waals surface area contributed by atoms with Crippen LogP contribution in [-0.4, -0.2) is 18.8 Å². The summed E-state index contributed by atoms with van der Waals surface area (Å²) in [5.41, 5.74) is 1.13. The minimum Gasteiger partial charge on any atom is -0.373 e. The third-order valence-corrected chi connectivity index (χ3v) is 4.81. The van der Waals surface area contributed by atoms with Crippen LogP contribution in [0.15, 0.2) is 36.4 Å². The molecule has 0 amide bonds. The van der Waals surface area contributed by atoms with Gasteiger partial charge >= 0.3 is 0 Å².